The number of likely N-dealkylation sites (N-methyl/N-ethyl adjacent to an activating group) is 1. The average Bonchev–Trinajstić information content (AvgIpc) is 3.50. The van der Waals surface area contributed by atoms with Crippen LogP contribution in [-0.2, 0) is 16.1 Å². The summed E-state index contributed by atoms with van der Waals surface area (Å²) in [5, 5.41) is -0.473. The number of hydrogen-bond donors (Lipinski definition) is 0. The number of aromatic nitrogens is 1. The van der Waals surface area contributed by atoms with Gasteiger partial charge < -0.3 is 4.84 Å². The molecule has 0 spiro atoms. The molecule has 43 heavy (non-hydrogen) atoms. The molecule has 4 nitrogen and oxygen atoms in total. The van der Waals surface area contributed by atoms with Crippen LogP contribution in [0.3, 0.4) is 0 Å². The molecular formula is C33H33BrF4N2O2S. The molecule has 0 N–H and O–H groups in total. The predicted molar refractivity (Wildman–Crippen MR) is 163 cm³/mol. The number of hydrogen-bond acceptors (Lipinski definition) is 4. The van der Waals surface area contributed by atoms with E-state index in [9.17, 15) is 4.79 Å². The van der Waals surface area contributed by atoms with Gasteiger partial charge in [-0.25, -0.2) is 4.98 Å². The fourth-order valence-corrected chi connectivity index (χ4v) is 10.7. The Bertz CT molecular complexity index is 1680. The summed E-state index contributed by atoms with van der Waals surface area (Å²) >= 11 is 3.12. The van der Waals surface area contributed by atoms with Crippen LogP contribution in [0.5, 0.6) is 0 Å². The lowest BCUT2D eigenvalue weighted by Gasteiger charge is -2.51. The first-order chi connectivity index (χ1) is 20.2. The van der Waals surface area contributed by atoms with Gasteiger partial charge in [-0.1, -0.05) is 49.4 Å². The molecule has 4 aliphatic rings. The molecule has 2 aromatic carbocycles. The maximum absolute atomic E-state index is 16.7. The van der Waals surface area contributed by atoms with Crippen molar-refractivity contribution in [1.82, 2.24) is 10.0 Å². The van der Waals surface area contributed by atoms with E-state index in [4.69, 9.17) is 4.84 Å². The zero-order chi connectivity index (χ0) is 30.4. The second-order valence-electron chi connectivity index (χ2n) is 12.8. The van der Waals surface area contributed by atoms with Gasteiger partial charge >= 0.3 is 0 Å². The first-order valence-electron chi connectivity index (χ1n) is 14.7. The summed E-state index contributed by atoms with van der Waals surface area (Å²) < 4.78 is 67.0. The summed E-state index contributed by atoms with van der Waals surface area (Å²) in [6.07, 6.45) is 5.82. The van der Waals surface area contributed by atoms with Crippen LogP contribution in [-0.4, -0.2) is 22.9 Å². The third-order valence-corrected chi connectivity index (χ3v) is 13.3. The minimum atomic E-state index is -9.22. The van der Waals surface area contributed by atoms with E-state index in [0.29, 0.717) is 41.0 Å². The molecule has 0 saturated heterocycles. The standard InChI is InChI=1S/C33H33BrF4N2O2S/c1-33-17-16-25-24-11-9-22(18-21(24)8-12-26(25)27(33)13-14-28(33)41)31-32(30(40(2)42-31)20-6-4-3-5-7-20)43(35,36,37,38)29-15-10-23(34)19-39-29/h3-7,9-11,15,18-19,25-27,30H,8,12-14,16-17H2,1-2H3/t25-,26-,27+,30?,33+/m1/s1. The highest BCUT2D eigenvalue weighted by Crippen LogP contribution is 3.06. The number of carbonyl (C=O) groups is 1. The molecule has 5 atom stereocenters. The van der Waals surface area contributed by atoms with Crippen molar-refractivity contribution in [2.24, 2.45) is 17.3 Å². The van der Waals surface area contributed by atoms with Gasteiger partial charge in [0.1, 0.15) is 16.7 Å². The summed E-state index contributed by atoms with van der Waals surface area (Å²) in [6.45, 7) is 2.12. The molecule has 0 radical (unpaired) electrons. The van der Waals surface area contributed by atoms with Crippen molar-refractivity contribution in [1.29, 1.82) is 0 Å². The Labute approximate surface area is 257 Å². The monoisotopic (exact) mass is 676 g/mol. The van der Waals surface area contributed by atoms with Crippen LogP contribution >= 0.6 is 25.8 Å². The second kappa shape index (κ2) is 9.17. The number of carbonyl (C=O) groups excluding carboxylic acids is 1. The van der Waals surface area contributed by atoms with E-state index >= 15 is 15.5 Å². The van der Waals surface area contributed by atoms with Crippen molar-refractivity contribution in [3.63, 3.8) is 0 Å². The van der Waals surface area contributed by atoms with Gasteiger partial charge in [0.25, 0.3) is 0 Å². The molecule has 0 amide bonds. The highest BCUT2D eigenvalue weighted by molar-refractivity contribution is 9.10. The third-order valence-electron chi connectivity index (χ3n) is 10.4. The maximum atomic E-state index is 16.7. The topological polar surface area (TPSA) is 42.4 Å². The molecule has 0 bridgehead atoms. The molecule has 1 aromatic heterocycles. The number of halogens is 5. The Kier molecular flexibility index (Phi) is 6.20. The maximum Gasteiger partial charge on any atom is 0.226 e. The Hall–Kier alpha value is -2.69. The largest absolute Gasteiger partial charge is 0.403 e. The summed E-state index contributed by atoms with van der Waals surface area (Å²) in [5.74, 6) is 0.842. The summed E-state index contributed by atoms with van der Waals surface area (Å²) in [7, 11) is -7.82. The van der Waals surface area contributed by atoms with Crippen molar-refractivity contribution in [3.05, 3.63) is 98.5 Å². The SMILES string of the molecule is CN1OC(c2ccc3c(c2)CC[C@@H]2[C@@H]3CC[C@]3(C)C(=O)CC[C@@H]23)=C(S(F)(F)(F)(F)c2ccc(Br)cn2)C1c1ccccc1. The van der Waals surface area contributed by atoms with Crippen LogP contribution in [0.25, 0.3) is 5.76 Å². The van der Waals surface area contributed by atoms with Gasteiger partial charge in [0.15, 0.2) is 10.8 Å². The fraction of sp³-hybridized carbons (Fsp3) is 0.394. The first-order valence-corrected chi connectivity index (χ1v) is 17.5. The lowest BCUT2D eigenvalue weighted by molar-refractivity contribution is -0.129. The fourth-order valence-electron chi connectivity index (χ4n) is 8.35. The Balaban J connectivity index is 1.37. The highest BCUT2D eigenvalue weighted by Gasteiger charge is 2.74. The molecule has 7 rings (SSSR count). The molecule has 3 aliphatic carbocycles. The normalized spacial score (nSPS) is 30.6. The number of hydroxylamine groups is 2. The zero-order valence-electron chi connectivity index (χ0n) is 23.9. The number of benzene rings is 2. The van der Waals surface area contributed by atoms with Gasteiger partial charge in [-0.15, -0.1) is 20.6 Å². The number of nitrogens with zero attached hydrogens (tertiary/aromatic N) is 2. The van der Waals surface area contributed by atoms with E-state index in [1.807, 2.05) is 6.07 Å². The first kappa shape index (κ1) is 29.0. The van der Waals surface area contributed by atoms with Crippen molar-refractivity contribution in [2.75, 3.05) is 7.05 Å². The Morgan fingerprint density at radius 1 is 1.00 bits per heavy atom. The van der Waals surface area contributed by atoms with E-state index in [-0.39, 0.29) is 22.5 Å². The van der Waals surface area contributed by atoms with Gasteiger partial charge in [-0.2, -0.15) is 0 Å². The van der Waals surface area contributed by atoms with Crippen LogP contribution < -0.4 is 0 Å². The number of Topliss-reactive ketones (excluding diaryl/α,β-unsaturated/α-hetero) is 1. The molecule has 2 saturated carbocycles. The van der Waals surface area contributed by atoms with E-state index in [1.54, 1.807) is 42.5 Å². The molecule has 2 fully saturated rings. The zero-order valence-corrected chi connectivity index (χ0v) is 26.3. The van der Waals surface area contributed by atoms with Gasteiger partial charge in [-0.05, 0) is 101 Å². The molecule has 2 heterocycles. The van der Waals surface area contributed by atoms with Crippen LogP contribution in [0.2, 0.25) is 0 Å². The number of rotatable bonds is 4. The van der Waals surface area contributed by atoms with E-state index in [1.165, 1.54) is 7.05 Å². The Morgan fingerprint density at radius 3 is 2.49 bits per heavy atom. The third kappa shape index (κ3) is 4.34. The smallest absolute Gasteiger partial charge is 0.226 e. The minimum Gasteiger partial charge on any atom is -0.403 e. The van der Waals surface area contributed by atoms with Crippen LogP contribution in [0.4, 0.5) is 15.5 Å². The van der Waals surface area contributed by atoms with Crippen LogP contribution in [0.1, 0.15) is 73.2 Å². The molecule has 10 heteroatoms. The van der Waals surface area contributed by atoms with Crippen molar-refractivity contribution < 1.29 is 25.2 Å². The van der Waals surface area contributed by atoms with Crippen molar-refractivity contribution in [3.8, 4) is 0 Å². The molecular weight excluding hydrogens is 644 g/mol. The summed E-state index contributed by atoms with van der Waals surface area (Å²) in [6, 6.07) is 13.7. The second-order valence-corrected chi connectivity index (χ2v) is 16.7. The number of pyridine rings is 1. The number of aryl methyl sites for hydroxylation is 1. The molecule has 3 aromatic rings. The molecule has 1 aliphatic heterocycles. The lowest BCUT2D eigenvalue weighted by Crippen LogP contribution is -2.42. The minimum absolute atomic E-state index is 0.196. The van der Waals surface area contributed by atoms with E-state index < -0.39 is 31.6 Å². The number of fused-ring (bicyclic) bond motifs is 5. The van der Waals surface area contributed by atoms with Gasteiger partial charge in [0.05, 0.1) is 0 Å². The predicted octanol–water partition coefficient (Wildman–Crippen LogP) is 10.0. The molecule has 1 unspecified atom stereocenters. The van der Waals surface area contributed by atoms with Gasteiger partial charge in [0, 0.05) is 35.1 Å². The Morgan fingerprint density at radius 2 is 1.77 bits per heavy atom. The summed E-state index contributed by atoms with van der Waals surface area (Å²) in [5.41, 5.74) is 2.31. The van der Waals surface area contributed by atoms with E-state index in [2.05, 4.69) is 27.8 Å². The highest BCUT2D eigenvalue weighted by atomic mass is 79.9. The average molecular weight is 678 g/mol. The number of ketones is 1. The van der Waals surface area contributed by atoms with Crippen LogP contribution in [0.15, 0.2) is 81.3 Å². The van der Waals surface area contributed by atoms with Gasteiger partial charge in [0.2, 0.25) is 9.84 Å². The van der Waals surface area contributed by atoms with Crippen molar-refractivity contribution >= 4 is 37.3 Å². The summed E-state index contributed by atoms with van der Waals surface area (Å²) in [4.78, 5) is 20.8. The molecule has 228 valence electrons. The van der Waals surface area contributed by atoms with E-state index in [0.717, 1.165) is 54.1 Å². The van der Waals surface area contributed by atoms with Crippen LogP contribution in [0, 0.1) is 17.3 Å². The lowest BCUT2D eigenvalue weighted by atomic mass is 9.55. The quantitative estimate of drug-likeness (QED) is 0.258. The van der Waals surface area contributed by atoms with Crippen molar-refractivity contribution in [2.45, 2.75) is 62.4 Å². The van der Waals surface area contributed by atoms with Gasteiger partial charge in [-0.3, -0.25) is 4.79 Å².